The van der Waals surface area contributed by atoms with E-state index in [1.165, 1.54) is 77.0 Å². The Labute approximate surface area is 190 Å². The Bertz CT molecular complexity index is 450. The summed E-state index contributed by atoms with van der Waals surface area (Å²) < 4.78 is 26.5. The fraction of sp³-hybridized carbons (Fsp3) is 0.913. The average Bonchev–Trinajstić information content (AvgIpc) is 2.76. The molecule has 8 heteroatoms. The SMILES string of the molecule is CCCCCCCC/C=C\CCCCCCCCO[C@H](CO)COP(=O)(O)OCCN. The van der Waals surface area contributed by atoms with Crippen molar-refractivity contribution in [3.05, 3.63) is 12.2 Å². The summed E-state index contributed by atoms with van der Waals surface area (Å²) in [5.74, 6) is 0. The van der Waals surface area contributed by atoms with E-state index in [0.717, 1.165) is 12.8 Å². The van der Waals surface area contributed by atoms with Gasteiger partial charge in [0.2, 0.25) is 0 Å². The van der Waals surface area contributed by atoms with Crippen LogP contribution in [0.5, 0.6) is 0 Å². The fourth-order valence-corrected chi connectivity index (χ4v) is 3.90. The molecule has 0 heterocycles. The maximum absolute atomic E-state index is 11.5. The van der Waals surface area contributed by atoms with E-state index in [9.17, 15) is 14.6 Å². The van der Waals surface area contributed by atoms with Crippen molar-refractivity contribution in [1.82, 2.24) is 0 Å². The van der Waals surface area contributed by atoms with Crippen LogP contribution in [0.4, 0.5) is 0 Å². The van der Waals surface area contributed by atoms with Crippen LogP contribution in [-0.2, 0) is 18.3 Å². The summed E-state index contributed by atoms with van der Waals surface area (Å²) in [6.07, 6.45) is 21.5. The molecule has 0 aliphatic carbocycles. The summed E-state index contributed by atoms with van der Waals surface area (Å²) >= 11 is 0. The van der Waals surface area contributed by atoms with E-state index >= 15 is 0 Å². The molecule has 0 aromatic carbocycles. The van der Waals surface area contributed by atoms with E-state index in [2.05, 4.69) is 23.6 Å². The Morgan fingerprint density at radius 2 is 1.39 bits per heavy atom. The average molecular weight is 466 g/mol. The third-order valence-corrected chi connectivity index (χ3v) is 5.99. The van der Waals surface area contributed by atoms with Gasteiger partial charge in [-0.1, -0.05) is 76.9 Å². The van der Waals surface area contributed by atoms with Crippen LogP contribution in [0.3, 0.4) is 0 Å². The fourth-order valence-electron chi connectivity index (χ4n) is 3.14. The van der Waals surface area contributed by atoms with Crippen LogP contribution in [-0.4, -0.2) is 49.1 Å². The second kappa shape index (κ2) is 22.9. The lowest BCUT2D eigenvalue weighted by molar-refractivity contribution is -0.0224. The summed E-state index contributed by atoms with van der Waals surface area (Å²) in [6.45, 7) is 2.35. The van der Waals surface area contributed by atoms with Crippen molar-refractivity contribution < 1.29 is 28.3 Å². The number of phosphoric acid groups is 1. The first kappa shape index (κ1) is 30.7. The molecule has 4 N–H and O–H groups in total. The molecule has 0 fully saturated rings. The van der Waals surface area contributed by atoms with Gasteiger partial charge in [-0.05, 0) is 32.1 Å². The monoisotopic (exact) mass is 465 g/mol. The van der Waals surface area contributed by atoms with E-state index in [-0.39, 0.29) is 26.4 Å². The Morgan fingerprint density at radius 3 is 1.94 bits per heavy atom. The molecule has 0 bridgehead atoms. The highest BCUT2D eigenvalue weighted by molar-refractivity contribution is 7.47. The summed E-state index contributed by atoms with van der Waals surface area (Å²) in [6, 6.07) is 0. The van der Waals surface area contributed by atoms with Gasteiger partial charge in [-0.3, -0.25) is 9.05 Å². The minimum atomic E-state index is -4.13. The van der Waals surface area contributed by atoms with Crippen LogP contribution in [0.25, 0.3) is 0 Å². The maximum atomic E-state index is 11.5. The number of allylic oxidation sites excluding steroid dienone is 2. The highest BCUT2D eigenvalue weighted by Crippen LogP contribution is 2.42. The zero-order valence-electron chi connectivity index (χ0n) is 19.7. The van der Waals surface area contributed by atoms with Gasteiger partial charge in [0, 0.05) is 13.2 Å². The molecule has 186 valence electrons. The molecule has 0 aliphatic rings. The van der Waals surface area contributed by atoms with E-state index in [0.29, 0.717) is 6.61 Å². The molecule has 0 radical (unpaired) electrons. The summed E-state index contributed by atoms with van der Waals surface area (Å²) in [4.78, 5) is 9.42. The van der Waals surface area contributed by atoms with Crippen molar-refractivity contribution in [2.45, 2.75) is 103 Å². The molecule has 1 unspecified atom stereocenters. The number of hydrogen-bond donors (Lipinski definition) is 3. The number of phosphoric ester groups is 1. The van der Waals surface area contributed by atoms with Crippen LogP contribution >= 0.6 is 7.82 Å². The third-order valence-electron chi connectivity index (χ3n) is 5.01. The first-order chi connectivity index (χ1) is 15.1. The molecule has 0 saturated carbocycles. The molecule has 7 nitrogen and oxygen atoms in total. The van der Waals surface area contributed by atoms with Gasteiger partial charge in [-0.25, -0.2) is 4.57 Å². The summed E-state index contributed by atoms with van der Waals surface area (Å²) in [7, 11) is -4.13. The van der Waals surface area contributed by atoms with E-state index in [1.807, 2.05) is 0 Å². The highest BCUT2D eigenvalue weighted by atomic mass is 31.2. The minimum absolute atomic E-state index is 0.0616. The Morgan fingerprint density at radius 1 is 0.839 bits per heavy atom. The predicted octanol–water partition coefficient (Wildman–Crippen LogP) is 5.49. The lowest BCUT2D eigenvalue weighted by Gasteiger charge is -2.17. The van der Waals surface area contributed by atoms with Crippen molar-refractivity contribution in [1.29, 1.82) is 0 Å². The molecule has 0 aromatic heterocycles. The van der Waals surface area contributed by atoms with Gasteiger partial charge in [0.25, 0.3) is 0 Å². The number of nitrogens with two attached hydrogens (primary N) is 1. The summed E-state index contributed by atoms with van der Waals surface area (Å²) in [5.41, 5.74) is 5.21. The van der Waals surface area contributed by atoms with Crippen LogP contribution in [0, 0.1) is 0 Å². The van der Waals surface area contributed by atoms with Crippen LogP contribution in [0.2, 0.25) is 0 Å². The van der Waals surface area contributed by atoms with Gasteiger partial charge in [0.15, 0.2) is 0 Å². The molecule has 0 rings (SSSR count). The molecule has 0 amide bonds. The number of unbranched alkanes of at least 4 members (excludes halogenated alkanes) is 12. The van der Waals surface area contributed by atoms with Gasteiger partial charge in [0.1, 0.15) is 6.10 Å². The first-order valence-corrected chi connectivity index (χ1v) is 13.7. The normalized spacial score (nSPS) is 14.8. The maximum Gasteiger partial charge on any atom is 0.472 e. The van der Waals surface area contributed by atoms with Gasteiger partial charge in [0.05, 0.1) is 19.8 Å². The first-order valence-electron chi connectivity index (χ1n) is 12.2. The third kappa shape index (κ3) is 22.7. The highest BCUT2D eigenvalue weighted by Gasteiger charge is 2.23. The molecule has 31 heavy (non-hydrogen) atoms. The number of aliphatic hydroxyl groups excluding tert-OH is 1. The lowest BCUT2D eigenvalue weighted by atomic mass is 10.1. The lowest BCUT2D eigenvalue weighted by Crippen LogP contribution is -2.24. The quantitative estimate of drug-likeness (QED) is 0.0981. The Hall–Kier alpha value is -0.270. The zero-order valence-corrected chi connectivity index (χ0v) is 20.6. The predicted molar refractivity (Wildman–Crippen MR) is 127 cm³/mol. The topological polar surface area (TPSA) is 111 Å². The van der Waals surface area contributed by atoms with Crippen molar-refractivity contribution >= 4 is 7.82 Å². The Balaban J connectivity index is 3.46. The summed E-state index contributed by atoms with van der Waals surface area (Å²) in [5, 5.41) is 9.29. The van der Waals surface area contributed by atoms with Crippen molar-refractivity contribution in [3.63, 3.8) is 0 Å². The van der Waals surface area contributed by atoms with Crippen molar-refractivity contribution in [3.8, 4) is 0 Å². The van der Waals surface area contributed by atoms with Gasteiger partial charge < -0.3 is 20.5 Å². The molecule has 0 aliphatic heterocycles. The Kier molecular flexibility index (Phi) is 22.7. The second-order valence-corrected chi connectivity index (χ2v) is 9.45. The van der Waals surface area contributed by atoms with Gasteiger partial charge in [-0.2, -0.15) is 0 Å². The molecule has 0 spiro atoms. The van der Waals surface area contributed by atoms with Gasteiger partial charge >= 0.3 is 7.82 Å². The van der Waals surface area contributed by atoms with Crippen LogP contribution < -0.4 is 5.73 Å². The van der Waals surface area contributed by atoms with E-state index in [4.69, 9.17) is 15.0 Å². The van der Waals surface area contributed by atoms with Crippen LogP contribution in [0.1, 0.15) is 96.8 Å². The molecular formula is C23H48NO6P. The molecule has 0 aromatic rings. The minimum Gasteiger partial charge on any atom is -0.394 e. The largest absolute Gasteiger partial charge is 0.472 e. The van der Waals surface area contributed by atoms with Crippen LogP contribution in [0.15, 0.2) is 12.2 Å². The second-order valence-electron chi connectivity index (χ2n) is 8.00. The van der Waals surface area contributed by atoms with E-state index < -0.39 is 13.9 Å². The smallest absolute Gasteiger partial charge is 0.394 e. The molecule has 0 saturated heterocycles. The van der Waals surface area contributed by atoms with Crippen molar-refractivity contribution in [2.24, 2.45) is 5.73 Å². The van der Waals surface area contributed by atoms with Crippen molar-refractivity contribution in [2.75, 3.05) is 33.0 Å². The van der Waals surface area contributed by atoms with Gasteiger partial charge in [-0.15, -0.1) is 0 Å². The number of hydrogen-bond acceptors (Lipinski definition) is 6. The number of ether oxygens (including phenoxy) is 1. The molecule has 2 atom stereocenters. The zero-order chi connectivity index (χ0) is 23.0. The standard InChI is InChI=1S/C23H48NO6P/c1-2-3-4-5-6-7-8-9-10-11-12-13-14-15-16-17-19-28-23(21-25)22-30-31(26,27)29-20-18-24/h9-10,23,25H,2-8,11-22,24H2,1H3,(H,26,27)/b10-9-/t23-/m1/s1. The number of rotatable bonds is 24. The number of aliphatic hydroxyl groups is 1. The van der Waals surface area contributed by atoms with E-state index in [1.54, 1.807) is 0 Å². The molecular weight excluding hydrogens is 417 g/mol.